The van der Waals surface area contributed by atoms with Crippen LogP contribution < -0.4 is 16.3 Å². The number of amides is 1. The first-order valence-electron chi connectivity index (χ1n) is 9.10. The second-order valence-electron chi connectivity index (χ2n) is 6.60. The molecule has 2 N–H and O–H groups in total. The lowest BCUT2D eigenvalue weighted by atomic mass is 10.2. The fourth-order valence-electron chi connectivity index (χ4n) is 2.95. The predicted octanol–water partition coefficient (Wildman–Crippen LogP) is 2.38. The second-order valence-corrected chi connectivity index (χ2v) is 10.00. The van der Waals surface area contributed by atoms with Crippen molar-refractivity contribution in [2.24, 2.45) is 0 Å². The number of carbonyl (C=O) groups is 1. The summed E-state index contributed by atoms with van der Waals surface area (Å²) in [6, 6.07) is 0. The van der Waals surface area contributed by atoms with E-state index in [1.165, 1.54) is 40.8 Å². The maximum Gasteiger partial charge on any atom is 0.281 e. The van der Waals surface area contributed by atoms with Gasteiger partial charge in [0.2, 0.25) is 11.0 Å². The third-order valence-corrected chi connectivity index (χ3v) is 7.70. The summed E-state index contributed by atoms with van der Waals surface area (Å²) in [4.78, 5) is 30.9. The van der Waals surface area contributed by atoms with Crippen molar-refractivity contribution in [3.05, 3.63) is 27.1 Å². The first-order chi connectivity index (χ1) is 14.0. The molecule has 4 heterocycles. The molecule has 3 aromatic heterocycles. The van der Waals surface area contributed by atoms with E-state index in [0.29, 0.717) is 26.2 Å². The number of hydrogen-bond acceptors (Lipinski definition) is 10. The molecule has 1 fully saturated rings. The van der Waals surface area contributed by atoms with Crippen LogP contribution in [0.2, 0.25) is 0 Å². The Morgan fingerprint density at radius 2 is 2.24 bits per heavy atom. The fraction of sp³-hybridized carbons (Fsp3) is 0.471. The summed E-state index contributed by atoms with van der Waals surface area (Å²) in [5, 5.41) is 12.6. The van der Waals surface area contributed by atoms with Gasteiger partial charge in [-0.1, -0.05) is 23.1 Å². The highest BCUT2D eigenvalue weighted by atomic mass is 32.2. The average molecular weight is 453 g/mol. The number of thioether (sulfide) groups is 1. The quantitative estimate of drug-likeness (QED) is 0.526. The summed E-state index contributed by atoms with van der Waals surface area (Å²) >= 11 is 4.13. The number of ether oxygens (including phenoxy) is 1. The largest absolute Gasteiger partial charge is 0.376 e. The lowest BCUT2D eigenvalue weighted by Gasteiger charge is -2.08. The number of nitrogens with zero attached hydrogens (tertiary/aromatic N) is 4. The summed E-state index contributed by atoms with van der Waals surface area (Å²) < 4.78 is 7.38. The molecule has 0 spiro atoms. The van der Waals surface area contributed by atoms with Gasteiger partial charge in [-0.05, 0) is 32.3 Å². The molecule has 0 aliphatic carbocycles. The third-order valence-electron chi connectivity index (χ3n) is 4.57. The number of anilines is 1. The SMILES string of the molecule is Cc1sc2ncn(NC(=O)CSc3nnc(NC[C@@H]4CCCO4)s3)c(=O)c2c1C. The monoisotopic (exact) mass is 452 g/mol. The van der Waals surface area contributed by atoms with Gasteiger partial charge in [-0.2, -0.15) is 0 Å². The predicted molar refractivity (Wildman–Crippen MR) is 116 cm³/mol. The maximum absolute atomic E-state index is 12.6. The highest BCUT2D eigenvalue weighted by Gasteiger charge is 2.17. The van der Waals surface area contributed by atoms with Crippen molar-refractivity contribution in [3.8, 4) is 0 Å². The van der Waals surface area contributed by atoms with Gasteiger partial charge in [0.15, 0.2) is 4.34 Å². The summed E-state index contributed by atoms with van der Waals surface area (Å²) in [6.45, 7) is 5.36. The van der Waals surface area contributed by atoms with E-state index in [-0.39, 0.29) is 23.3 Å². The normalized spacial score (nSPS) is 16.4. The van der Waals surface area contributed by atoms with Crippen LogP contribution >= 0.6 is 34.4 Å². The van der Waals surface area contributed by atoms with E-state index in [4.69, 9.17) is 4.74 Å². The number of carbonyl (C=O) groups excluding carboxylic acids is 1. The number of fused-ring (bicyclic) bond motifs is 1. The van der Waals surface area contributed by atoms with E-state index in [9.17, 15) is 9.59 Å². The summed E-state index contributed by atoms with van der Waals surface area (Å²) in [5.74, 6) is -0.195. The molecular formula is C17H20N6O3S3. The van der Waals surface area contributed by atoms with Gasteiger partial charge >= 0.3 is 0 Å². The molecule has 0 bridgehead atoms. The maximum atomic E-state index is 12.6. The molecule has 1 atom stereocenters. The van der Waals surface area contributed by atoms with Crippen molar-refractivity contribution in [2.45, 2.75) is 37.1 Å². The van der Waals surface area contributed by atoms with Gasteiger partial charge in [0, 0.05) is 18.0 Å². The fourth-order valence-corrected chi connectivity index (χ4v) is 5.49. The molecular weight excluding hydrogens is 432 g/mol. The number of rotatable bonds is 7. The molecule has 0 unspecified atom stereocenters. The van der Waals surface area contributed by atoms with Crippen LogP contribution in [0.3, 0.4) is 0 Å². The van der Waals surface area contributed by atoms with E-state index < -0.39 is 0 Å². The van der Waals surface area contributed by atoms with Crippen LogP contribution in [0.4, 0.5) is 5.13 Å². The molecule has 3 aromatic rings. The first kappa shape index (κ1) is 20.3. The minimum absolute atomic E-state index is 0.118. The Kier molecular flexibility index (Phi) is 6.13. The van der Waals surface area contributed by atoms with Crippen LogP contribution in [0.5, 0.6) is 0 Å². The van der Waals surface area contributed by atoms with Crippen LogP contribution in [-0.2, 0) is 9.53 Å². The molecule has 4 rings (SSSR count). The summed E-state index contributed by atoms with van der Waals surface area (Å²) in [6.07, 6.45) is 3.72. The lowest BCUT2D eigenvalue weighted by Crippen LogP contribution is -2.34. The van der Waals surface area contributed by atoms with Crippen molar-refractivity contribution < 1.29 is 9.53 Å². The van der Waals surface area contributed by atoms with E-state index in [1.807, 2.05) is 13.8 Å². The Bertz CT molecular complexity index is 1090. The van der Waals surface area contributed by atoms with Gasteiger partial charge in [0.05, 0.1) is 17.2 Å². The topological polar surface area (TPSA) is 111 Å². The van der Waals surface area contributed by atoms with Crippen LogP contribution in [0.1, 0.15) is 23.3 Å². The van der Waals surface area contributed by atoms with Crippen molar-refractivity contribution >= 4 is 55.7 Å². The minimum atomic E-state index is -0.313. The van der Waals surface area contributed by atoms with E-state index >= 15 is 0 Å². The second kappa shape index (κ2) is 8.78. The van der Waals surface area contributed by atoms with Crippen LogP contribution in [0, 0.1) is 13.8 Å². The highest BCUT2D eigenvalue weighted by Crippen LogP contribution is 2.26. The van der Waals surface area contributed by atoms with Crippen LogP contribution in [0.15, 0.2) is 15.5 Å². The van der Waals surface area contributed by atoms with Crippen LogP contribution in [0.25, 0.3) is 10.2 Å². The van der Waals surface area contributed by atoms with Gasteiger partial charge in [-0.25, -0.2) is 9.66 Å². The van der Waals surface area contributed by atoms with E-state index in [2.05, 4.69) is 25.9 Å². The highest BCUT2D eigenvalue weighted by molar-refractivity contribution is 8.01. The Morgan fingerprint density at radius 1 is 1.38 bits per heavy atom. The molecule has 29 heavy (non-hydrogen) atoms. The van der Waals surface area contributed by atoms with E-state index in [0.717, 1.165) is 34.6 Å². The molecule has 1 aliphatic rings. The Hall–Kier alpha value is -2.02. The van der Waals surface area contributed by atoms with Gasteiger partial charge in [0.1, 0.15) is 11.2 Å². The van der Waals surface area contributed by atoms with Gasteiger partial charge in [0.25, 0.3) is 5.56 Å². The molecule has 0 aromatic carbocycles. The average Bonchev–Trinajstić information content (AvgIpc) is 3.43. The first-order valence-corrected chi connectivity index (χ1v) is 11.7. The van der Waals surface area contributed by atoms with Crippen molar-refractivity contribution in [2.75, 3.05) is 29.6 Å². The van der Waals surface area contributed by atoms with E-state index in [1.54, 1.807) is 0 Å². The molecule has 0 saturated carbocycles. The molecule has 1 saturated heterocycles. The summed E-state index contributed by atoms with van der Waals surface area (Å²) in [7, 11) is 0. The molecule has 0 radical (unpaired) electrons. The van der Waals surface area contributed by atoms with Crippen LogP contribution in [-0.4, -0.2) is 50.8 Å². The lowest BCUT2D eigenvalue weighted by molar-refractivity contribution is -0.114. The number of thiophene rings is 1. The molecule has 1 aliphatic heterocycles. The Morgan fingerprint density at radius 3 is 3.03 bits per heavy atom. The van der Waals surface area contributed by atoms with Crippen molar-refractivity contribution in [1.82, 2.24) is 19.9 Å². The van der Waals surface area contributed by atoms with Crippen molar-refractivity contribution in [3.63, 3.8) is 0 Å². The zero-order valence-electron chi connectivity index (χ0n) is 15.9. The standard InChI is InChI=1S/C17H20N6O3S3/c1-9-10(2)28-14-13(9)15(25)23(8-19-14)22-12(24)7-27-17-21-20-16(29-17)18-6-11-4-3-5-26-11/h8,11H,3-7H2,1-2H3,(H,18,20)(H,22,24)/t11-/m0/s1. The molecule has 9 nitrogen and oxygen atoms in total. The number of aromatic nitrogens is 4. The zero-order valence-corrected chi connectivity index (χ0v) is 18.4. The minimum Gasteiger partial charge on any atom is -0.376 e. The van der Waals surface area contributed by atoms with Gasteiger partial charge in [-0.15, -0.1) is 21.5 Å². The summed E-state index contributed by atoms with van der Waals surface area (Å²) in [5.41, 5.74) is 3.22. The van der Waals surface area contributed by atoms with Gasteiger partial charge < -0.3 is 10.1 Å². The van der Waals surface area contributed by atoms with Crippen molar-refractivity contribution in [1.29, 1.82) is 0 Å². The third kappa shape index (κ3) is 4.60. The molecule has 154 valence electrons. The Balaban J connectivity index is 1.32. The molecule has 12 heteroatoms. The number of nitrogens with one attached hydrogen (secondary N) is 2. The van der Waals surface area contributed by atoms with Gasteiger partial charge in [-0.3, -0.25) is 15.0 Å². The smallest absolute Gasteiger partial charge is 0.281 e. The Labute approximate surface area is 178 Å². The molecule has 1 amide bonds. The number of aryl methyl sites for hydroxylation is 2. The number of hydrogen-bond donors (Lipinski definition) is 2. The zero-order chi connectivity index (χ0) is 20.4.